The molecule has 0 fully saturated rings. The third-order valence-corrected chi connectivity index (χ3v) is 3.33. The highest BCUT2D eigenvalue weighted by Gasteiger charge is 2.19. The van der Waals surface area contributed by atoms with E-state index >= 15 is 0 Å². The lowest BCUT2D eigenvalue weighted by Crippen LogP contribution is -2.05. The Morgan fingerprint density at radius 1 is 1.05 bits per heavy atom. The van der Waals surface area contributed by atoms with E-state index in [-0.39, 0.29) is 11.1 Å². The largest absolute Gasteiger partial charge is 0.360 e. The molecule has 2 aromatic carbocycles. The summed E-state index contributed by atoms with van der Waals surface area (Å²) in [4.78, 5) is 15.4. The van der Waals surface area contributed by atoms with Gasteiger partial charge in [0, 0.05) is 28.7 Å². The minimum Gasteiger partial charge on any atom is -0.360 e. The second-order valence-electron chi connectivity index (χ2n) is 4.66. The number of rotatable bonds is 2. The number of hydrogen-bond donors (Lipinski definition) is 1. The molecule has 0 radical (unpaired) electrons. The third-order valence-electron chi connectivity index (χ3n) is 3.33. The summed E-state index contributed by atoms with van der Waals surface area (Å²) in [7, 11) is 0. The van der Waals surface area contributed by atoms with Crippen LogP contribution in [0.5, 0.6) is 0 Å². The van der Waals surface area contributed by atoms with E-state index in [0.29, 0.717) is 5.56 Å². The molecule has 0 bridgehead atoms. The molecule has 1 aromatic heterocycles. The first kappa shape index (κ1) is 12.5. The molecule has 20 heavy (non-hydrogen) atoms. The van der Waals surface area contributed by atoms with Gasteiger partial charge < -0.3 is 4.98 Å². The molecule has 1 N–H and O–H groups in total. The highest BCUT2D eigenvalue weighted by molar-refractivity contribution is 6.16. The van der Waals surface area contributed by atoms with Gasteiger partial charge in [0.15, 0.2) is 5.78 Å². The van der Waals surface area contributed by atoms with Gasteiger partial charge in [-0.25, -0.2) is 8.78 Å². The van der Waals surface area contributed by atoms with Gasteiger partial charge in [0.05, 0.1) is 5.56 Å². The molecule has 0 saturated carbocycles. The van der Waals surface area contributed by atoms with Crippen molar-refractivity contribution < 1.29 is 13.6 Å². The van der Waals surface area contributed by atoms with E-state index in [1.165, 1.54) is 13.0 Å². The molecule has 0 amide bonds. The average Bonchev–Trinajstić information content (AvgIpc) is 2.86. The molecule has 3 aromatic rings. The molecule has 0 aliphatic rings. The summed E-state index contributed by atoms with van der Waals surface area (Å²) in [5.41, 5.74) is 1.31. The van der Waals surface area contributed by atoms with E-state index in [9.17, 15) is 13.6 Å². The molecular weight excluding hydrogens is 260 g/mol. The third kappa shape index (κ3) is 1.90. The van der Waals surface area contributed by atoms with Gasteiger partial charge in [0.2, 0.25) is 0 Å². The lowest BCUT2D eigenvalue weighted by molar-refractivity contribution is 0.103. The Hall–Kier alpha value is -2.49. The zero-order chi connectivity index (χ0) is 14.3. The number of aromatic nitrogens is 1. The quantitative estimate of drug-likeness (QED) is 0.702. The summed E-state index contributed by atoms with van der Waals surface area (Å²) in [6.07, 6.45) is 1.55. The standard InChI is InChI=1S/C16H11F2NO/c1-9-6-11(14(18)7-13(9)17)16(20)12-8-19-15-5-3-2-4-10(12)15/h2-8,19H,1H3. The van der Waals surface area contributed by atoms with E-state index in [2.05, 4.69) is 4.98 Å². The maximum Gasteiger partial charge on any atom is 0.198 e. The van der Waals surface area contributed by atoms with Gasteiger partial charge in [0.25, 0.3) is 0 Å². The second-order valence-corrected chi connectivity index (χ2v) is 4.66. The number of aromatic amines is 1. The molecule has 0 atom stereocenters. The molecule has 0 aliphatic heterocycles. The van der Waals surface area contributed by atoms with E-state index in [0.717, 1.165) is 17.0 Å². The zero-order valence-corrected chi connectivity index (χ0v) is 10.7. The van der Waals surface area contributed by atoms with Gasteiger partial charge in [-0.15, -0.1) is 0 Å². The van der Waals surface area contributed by atoms with E-state index in [1.807, 2.05) is 12.1 Å². The summed E-state index contributed by atoms with van der Waals surface area (Å²) >= 11 is 0. The molecule has 3 rings (SSSR count). The molecule has 0 saturated heterocycles. The number of fused-ring (bicyclic) bond motifs is 1. The van der Waals surface area contributed by atoms with Crippen molar-refractivity contribution in [2.75, 3.05) is 0 Å². The Bertz CT molecular complexity index is 820. The Labute approximate surface area is 114 Å². The highest BCUT2D eigenvalue weighted by atomic mass is 19.1. The van der Waals surface area contributed by atoms with Gasteiger partial charge in [-0.3, -0.25) is 4.79 Å². The van der Waals surface area contributed by atoms with Crippen molar-refractivity contribution in [2.24, 2.45) is 0 Å². The fourth-order valence-corrected chi connectivity index (χ4v) is 2.24. The monoisotopic (exact) mass is 271 g/mol. The number of hydrogen-bond acceptors (Lipinski definition) is 1. The molecule has 0 unspecified atom stereocenters. The fraction of sp³-hybridized carbons (Fsp3) is 0.0625. The van der Waals surface area contributed by atoms with Crippen molar-refractivity contribution in [3.8, 4) is 0 Å². The van der Waals surface area contributed by atoms with Crippen LogP contribution in [0.2, 0.25) is 0 Å². The predicted molar refractivity (Wildman–Crippen MR) is 72.8 cm³/mol. The topological polar surface area (TPSA) is 32.9 Å². The molecule has 100 valence electrons. The lowest BCUT2D eigenvalue weighted by atomic mass is 10.0. The van der Waals surface area contributed by atoms with Crippen molar-refractivity contribution in [2.45, 2.75) is 6.92 Å². The molecular formula is C16H11F2NO. The Balaban J connectivity index is 2.16. The number of H-pyrrole nitrogens is 1. The number of halogens is 2. The van der Waals surface area contributed by atoms with Crippen LogP contribution in [-0.2, 0) is 0 Å². The lowest BCUT2D eigenvalue weighted by Gasteiger charge is -2.04. The summed E-state index contributed by atoms with van der Waals surface area (Å²) in [6.45, 7) is 1.50. The van der Waals surface area contributed by atoms with Crippen LogP contribution in [0.4, 0.5) is 8.78 Å². The van der Waals surface area contributed by atoms with Crippen molar-refractivity contribution in [3.63, 3.8) is 0 Å². The summed E-state index contributed by atoms with van der Waals surface area (Å²) in [5, 5.41) is 0.721. The first-order valence-corrected chi connectivity index (χ1v) is 6.14. The van der Waals surface area contributed by atoms with E-state index < -0.39 is 17.4 Å². The maximum absolute atomic E-state index is 13.8. The molecule has 1 heterocycles. The number of para-hydroxylation sites is 1. The summed E-state index contributed by atoms with van der Waals surface area (Å²) < 4.78 is 27.1. The minimum absolute atomic E-state index is 0.117. The van der Waals surface area contributed by atoms with Gasteiger partial charge >= 0.3 is 0 Å². The van der Waals surface area contributed by atoms with Crippen molar-refractivity contribution in [1.82, 2.24) is 4.98 Å². The van der Waals surface area contributed by atoms with Crippen LogP contribution < -0.4 is 0 Å². The first-order valence-electron chi connectivity index (χ1n) is 6.14. The van der Waals surface area contributed by atoms with E-state index in [4.69, 9.17) is 0 Å². The zero-order valence-electron chi connectivity index (χ0n) is 10.7. The maximum atomic E-state index is 13.8. The molecule has 4 heteroatoms. The van der Waals surface area contributed by atoms with Crippen LogP contribution in [0, 0.1) is 18.6 Å². The SMILES string of the molecule is Cc1cc(C(=O)c2c[nH]c3ccccc23)c(F)cc1F. The van der Waals surface area contributed by atoms with Gasteiger partial charge in [-0.05, 0) is 24.6 Å². The number of carbonyl (C=O) groups excluding carboxylic acids is 1. The highest BCUT2D eigenvalue weighted by Crippen LogP contribution is 2.23. The van der Waals surface area contributed by atoms with Crippen molar-refractivity contribution in [3.05, 3.63) is 70.9 Å². The van der Waals surface area contributed by atoms with Gasteiger partial charge in [-0.1, -0.05) is 18.2 Å². The predicted octanol–water partition coefficient (Wildman–Crippen LogP) is 3.99. The Kier molecular flexibility index (Phi) is 2.86. The van der Waals surface area contributed by atoms with Crippen molar-refractivity contribution in [1.29, 1.82) is 0 Å². The fourth-order valence-electron chi connectivity index (χ4n) is 2.24. The Morgan fingerprint density at radius 3 is 2.60 bits per heavy atom. The first-order chi connectivity index (χ1) is 9.58. The van der Waals surface area contributed by atoms with Crippen LogP contribution in [0.15, 0.2) is 42.6 Å². The summed E-state index contributed by atoms with van der Waals surface area (Å²) in [5.74, 6) is -1.95. The molecule has 0 spiro atoms. The van der Waals surface area contributed by atoms with Crippen molar-refractivity contribution >= 4 is 16.7 Å². The van der Waals surface area contributed by atoms with Crippen LogP contribution in [0.25, 0.3) is 10.9 Å². The van der Waals surface area contributed by atoms with Crippen LogP contribution >= 0.6 is 0 Å². The Morgan fingerprint density at radius 2 is 1.80 bits per heavy atom. The number of ketones is 1. The normalized spacial score (nSPS) is 10.9. The number of benzene rings is 2. The number of nitrogens with one attached hydrogen (secondary N) is 1. The van der Waals surface area contributed by atoms with Crippen LogP contribution in [0.1, 0.15) is 21.5 Å². The van der Waals surface area contributed by atoms with Gasteiger partial charge in [-0.2, -0.15) is 0 Å². The number of aryl methyl sites for hydroxylation is 1. The average molecular weight is 271 g/mol. The number of carbonyl (C=O) groups is 1. The van der Waals surface area contributed by atoms with Crippen LogP contribution in [0.3, 0.4) is 0 Å². The summed E-state index contributed by atoms with van der Waals surface area (Å²) in [6, 6.07) is 9.26. The van der Waals surface area contributed by atoms with Gasteiger partial charge in [0.1, 0.15) is 11.6 Å². The van der Waals surface area contributed by atoms with Crippen LogP contribution in [-0.4, -0.2) is 10.8 Å². The molecule has 2 nitrogen and oxygen atoms in total. The second kappa shape index (κ2) is 4.56. The van der Waals surface area contributed by atoms with E-state index in [1.54, 1.807) is 18.3 Å². The smallest absolute Gasteiger partial charge is 0.198 e. The minimum atomic E-state index is -0.844. The molecule has 0 aliphatic carbocycles.